The molecule has 15 heavy (non-hydrogen) atoms. The minimum Gasteiger partial charge on any atom is -0.492 e. The highest BCUT2D eigenvalue weighted by Crippen LogP contribution is 2.19. The standard InChI is InChI=1S/C6H7NO3S.C2H3NO/c1-2-10-6(9)4-5(8)7-3-11-4;4-2-1-3-2/h3,8H,2H2,1H3;1H2,(H,3,4). The number of hydrogen-bond acceptors (Lipinski definition) is 6. The van der Waals surface area contributed by atoms with Crippen LogP contribution in [-0.2, 0) is 9.53 Å². The van der Waals surface area contributed by atoms with Gasteiger partial charge in [-0.05, 0) is 6.92 Å². The van der Waals surface area contributed by atoms with E-state index in [1.54, 1.807) is 6.92 Å². The monoisotopic (exact) mass is 230 g/mol. The Morgan fingerprint density at radius 1 is 1.80 bits per heavy atom. The van der Waals surface area contributed by atoms with Crippen LogP contribution in [0.25, 0.3) is 0 Å². The summed E-state index contributed by atoms with van der Waals surface area (Å²) in [6.07, 6.45) is 0. The Hall–Kier alpha value is -1.63. The predicted octanol–water partition coefficient (Wildman–Crippen LogP) is 0.142. The van der Waals surface area contributed by atoms with Crippen molar-refractivity contribution in [3.8, 4) is 5.88 Å². The lowest BCUT2D eigenvalue weighted by atomic mass is 10.5. The molecule has 82 valence electrons. The van der Waals surface area contributed by atoms with E-state index in [0.29, 0.717) is 13.2 Å². The normalized spacial score (nSPS) is 12.2. The summed E-state index contributed by atoms with van der Waals surface area (Å²) >= 11 is 1.06. The minimum absolute atomic E-state index is 0.159. The summed E-state index contributed by atoms with van der Waals surface area (Å²) in [4.78, 5) is 24.0. The number of carbonyl (C=O) groups is 2. The first kappa shape index (κ1) is 11.4. The highest BCUT2D eigenvalue weighted by atomic mass is 32.1. The third kappa shape index (κ3) is 3.94. The van der Waals surface area contributed by atoms with E-state index < -0.39 is 5.97 Å². The van der Waals surface area contributed by atoms with E-state index in [2.05, 4.69) is 15.0 Å². The van der Waals surface area contributed by atoms with Crippen LogP contribution in [0.5, 0.6) is 5.88 Å². The van der Waals surface area contributed by atoms with Gasteiger partial charge in [0.05, 0.1) is 18.7 Å². The first-order valence-corrected chi connectivity index (χ1v) is 5.09. The molecule has 1 aliphatic heterocycles. The maximum Gasteiger partial charge on any atom is 0.353 e. The summed E-state index contributed by atoms with van der Waals surface area (Å²) in [6.45, 7) is 2.60. The quantitative estimate of drug-likeness (QED) is 0.556. The predicted molar refractivity (Wildman–Crippen MR) is 52.7 cm³/mol. The fraction of sp³-hybridized carbons (Fsp3) is 0.375. The van der Waals surface area contributed by atoms with Gasteiger partial charge in [0.1, 0.15) is 0 Å². The summed E-state index contributed by atoms with van der Waals surface area (Å²) in [5, 5.41) is 11.4. The molecule has 1 amide bonds. The number of aromatic hydroxyl groups is 1. The minimum atomic E-state index is -0.521. The Labute approximate surface area is 89.9 Å². The average molecular weight is 230 g/mol. The van der Waals surface area contributed by atoms with Crippen molar-refractivity contribution in [1.82, 2.24) is 10.3 Å². The number of esters is 1. The molecule has 2 N–H and O–H groups in total. The number of amides is 1. The molecule has 0 atom stereocenters. The third-order valence-electron chi connectivity index (χ3n) is 1.33. The van der Waals surface area contributed by atoms with Crippen LogP contribution in [-0.4, -0.2) is 35.1 Å². The van der Waals surface area contributed by atoms with Crippen LogP contribution in [0.15, 0.2) is 5.51 Å². The van der Waals surface area contributed by atoms with Crippen molar-refractivity contribution >= 4 is 23.2 Å². The van der Waals surface area contributed by atoms with Crippen molar-refractivity contribution < 1.29 is 19.4 Å². The maximum atomic E-state index is 10.9. The first-order chi connectivity index (χ1) is 7.15. The van der Waals surface area contributed by atoms with Crippen LogP contribution in [0.4, 0.5) is 0 Å². The Morgan fingerprint density at radius 3 is 2.73 bits per heavy atom. The molecule has 1 aromatic rings. The van der Waals surface area contributed by atoms with Crippen LogP contribution >= 0.6 is 11.3 Å². The molecular weight excluding hydrogens is 220 g/mol. The van der Waals surface area contributed by atoms with Crippen LogP contribution in [0.3, 0.4) is 0 Å². The molecule has 0 aliphatic carbocycles. The number of nitrogens with one attached hydrogen (secondary N) is 1. The van der Waals surface area contributed by atoms with E-state index in [4.69, 9.17) is 5.11 Å². The molecule has 0 radical (unpaired) electrons. The molecule has 1 fully saturated rings. The molecule has 6 nitrogen and oxygen atoms in total. The molecule has 0 unspecified atom stereocenters. The van der Waals surface area contributed by atoms with Gasteiger partial charge in [-0.1, -0.05) is 0 Å². The summed E-state index contributed by atoms with van der Waals surface area (Å²) in [6, 6.07) is 0. The van der Waals surface area contributed by atoms with Crippen molar-refractivity contribution in [3.05, 3.63) is 10.4 Å². The van der Waals surface area contributed by atoms with Crippen molar-refractivity contribution in [3.63, 3.8) is 0 Å². The van der Waals surface area contributed by atoms with Gasteiger partial charge in [-0.25, -0.2) is 9.78 Å². The number of aromatic nitrogens is 1. The van der Waals surface area contributed by atoms with Crippen LogP contribution < -0.4 is 5.32 Å². The summed E-state index contributed by atoms with van der Waals surface area (Å²) < 4.78 is 4.64. The number of carbonyl (C=O) groups excluding carboxylic acids is 2. The van der Waals surface area contributed by atoms with Gasteiger partial charge in [0, 0.05) is 0 Å². The second kappa shape index (κ2) is 5.30. The van der Waals surface area contributed by atoms with Crippen molar-refractivity contribution in [2.45, 2.75) is 6.92 Å². The van der Waals surface area contributed by atoms with Gasteiger partial charge < -0.3 is 15.2 Å². The number of hydrogen-bond donors (Lipinski definition) is 2. The maximum absolute atomic E-state index is 10.9. The molecule has 7 heteroatoms. The zero-order valence-corrected chi connectivity index (χ0v) is 8.84. The topological polar surface area (TPSA) is 98.4 Å². The molecule has 0 bridgehead atoms. The second-order valence-corrected chi connectivity index (χ2v) is 3.36. The van der Waals surface area contributed by atoms with E-state index in [9.17, 15) is 9.59 Å². The number of rotatable bonds is 2. The van der Waals surface area contributed by atoms with Gasteiger partial charge in [0.2, 0.25) is 11.8 Å². The average Bonchev–Trinajstić information content (AvgIpc) is 2.83. The second-order valence-electron chi connectivity index (χ2n) is 2.50. The van der Waals surface area contributed by atoms with Crippen LogP contribution in [0.1, 0.15) is 16.6 Å². The highest BCUT2D eigenvalue weighted by molar-refractivity contribution is 7.12. The fourth-order valence-corrected chi connectivity index (χ4v) is 1.18. The van der Waals surface area contributed by atoms with E-state index in [-0.39, 0.29) is 16.7 Å². The lowest BCUT2D eigenvalue weighted by Gasteiger charge is -1.96. The van der Waals surface area contributed by atoms with Gasteiger partial charge in [0.15, 0.2) is 4.88 Å². The van der Waals surface area contributed by atoms with Gasteiger partial charge in [-0.15, -0.1) is 11.3 Å². The molecule has 1 aromatic heterocycles. The Bertz CT molecular complexity index is 357. The lowest BCUT2D eigenvalue weighted by molar-refractivity contribution is -0.110. The molecule has 2 rings (SSSR count). The smallest absolute Gasteiger partial charge is 0.353 e. The molecular formula is C8H10N2O4S. The fourth-order valence-electron chi connectivity index (χ4n) is 0.612. The van der Waals surface area contributed by atoms with Crippen molar-refractivity contribution in [2.75, 3.05) is 13.2 Å². The Morgan fingerprint density at radius 2 is 2.40 bits per heavy atom. The Kier molecular flexibility index (Phi) is 4.04. The van der Waals surface area contributed by atoms with Gasteiger partial charge >= 0.3 is 5.97 Å². The highest BCUT2D eigenvalue weighted by Gasteiger charge is 2.14. The summed E-state index contributed by atoms with van der Waals surface area (Å²) in [5.74, 6) is -0.610. The number of thiazole rings is 1. The van der Waals surface area contributed by atoms with E-state index >= 15 is 0 Å². The summed E-state index contributed by atoms with van der Waals surface area (Å²) in [7, 11) is 0. The van der Waals surface area contributed by atoms with Crippen LogP contribution in [0, 0.1) is 0 Å². The SMILES string of the molecule is CCOC(=O)c1scnc1O.O=C1CN1. The zero-order chi connectivity index (χ0) is 11.3. The zero-order valence-electron chi connectivity index (χ0n) is 8.02. The van der Waals surface area contributed by atoms with Gasteiger partial charge in [-0.3, -0.25) is 4.79 Å². The van der Waals surface area contributed by atoms with Crippen molar-refractivity contribution in [2.24, 2.45) is 0 Å². The molecule has 0 saturated carbocycles. The van der Waals surface area contributed by atoms with E-state index in [0.717, 1.165) is 11.3 Å². The van der Waals surface area contributed by atoms with Crippen molar-refractivity contribution in [1.29, 1.82) is 0 Å². The van der Waals surface area contributed by atoms with Gasteiger partial charge in [-0.2, -0.15) is 0 Å². The molecule has 0 aromatic carbocycles. The molecule has 1 saturated heterocycles. The van der Waals surface area contributed by atoms with Crippen LogP contribution in [0.2, 0.25) is 0 Å². The first-order valence-electron chi connectivity index (χ1n) is 4.21. The van der Waals surface area contributed by atoms with Gasteiger partial charge in [0.25, 0.3) is 0 Å². The largest absolute Gasteiger partial charge is 0.492 e. The molecule has 1 aliphatic rings. The molecule has 0 spiro atoms. The number of ether oxygens (including phenoxy) is 1. The molecule has 2 heterocycles. The summed E-state index contributed by atoms with van der Waals surface area (Å²) in [5.41, 5.74) is 1.39. The Balaban J connectivity index is 0.000000234. The lowest BCUT2D eigenvalue weighted by Crippen LogP contribution is -2.02. The van der Waals surface area contributed by atoms with E-state index in [1.807, 2.05) is 0 Å². The third-order valence-corrected chi connectivity index (χ3v) is 2.13. The number of nitrogens with zero attached hydrogens (tertiary/aromatic N) is 1. The van der Waals surface area contributed by atoms with E-state index in [1.165, 1.54) is 5.51 Å².